The fourth-order valence-electron chi connectivity index (χ4n) is 2.96. The summed E-state index contributed by atoms with van der Waals surface area (Å²) in [6.07, 6.45) is 1.10. The van der Waals surface area contributed by atoms with Crippen molar-refractivity contribution in [2.75, 3.05) is 17.2 Å². The van der Waals surface area contributed by atoms with Crippen molar-refractivity contribution in [2.24, 2.45) is 0 Å². The lowest BCUT2D eigenvalue weighted by Crippen LogP contribution is -2.19. The molecule has 0 aliphatic carbocycles. The summed E-state index contributed by atoms with van der Waals surface area (Å²) in [7, 11) is 0. The average molecular weight is 295 g/mol. The molecule has 21 heavy (non-hydrogen) atoms. The van der Waals surface area contributed by atoms with E-state index in [2.05, 4.69) is 42.2 Å². The number of anilines is 2. The third-order valence-electron chi connectivity index (χ3n) is 4.12. The van der Waals surface area contributed by atoms with Crippen molar-refractivity contribution in [2.45, 2.75) is 19.9 Å². The molecule has 0 radical (unpaired) electrons. The number of nitrogens with two attached hydrogens (primary N) is 1. The van der Waals surface area contributed by atoms with Gasteiger partial charge in [0.25, 0.3) is 0 Å². The molecule has 4 rings (SSSR count). The van der Waals surface area contributed by atoms with Crippen LogP contribution in [0.1, 0.15) is 16.1 Å². The molecule has 0 saturated heterocycles. The Bertz CT molecular complexity index is 789. The molecule has 1 aromatic heterocycles. The van der Waals surface area contributed by atoms with Crippen LogP contribution in [0.3, 0.4) is 0 Å². The molecule has 0 unspecified atom stereocenters. The van der Waals surface area contributed by atoms with Crippen LogP contribution in [0, 0.1) is 6.92 Å². The second kappa shape index (κ2) is 4.74. The maximum absolute atomic E-state index is 6.07. The summed E-state index contributed by atoms with van der Waals surface area (Å²) < 4.78 is 1.26. The first kappa shape index (κ1) is 12.7. The van der Waals surface area contributed by atoms with Crippen LogP contribution in [0.15, 0.2) is 36.4 Å². The number of nitrogens with zero attached hydrogens (tertiary/aromatic N) is 2. The number of nitrogen functional groups attached to an aromatic ring is 1. The van der Waals surface area contributed by atoms with E-state index in [-0.39, 0.29) is 0 Å². The highest BCUT2D eigenvalue weighted by Crippen LogP contribution is 2.34. The maximum atomic E-state index is 6.07. The van der Waals surface area contributed by atoms with Crippen molar-refractivity contribution in [1.29, 1.82) is 0 Å². The Labute approximate surface area is 128 Å². The molecule has 0 saturated carbocycles. The smallest absolute Gasteiger partial charge is 0.113 e. The van der Waals surface area contributed by atoms with Gasteiger partial charge in [-0.2, -0.15) is 0 Å². The molecule has 0 atom stereocenters. The molecule has 1 aliphatic heterocycles. The van der Waals surface area contributed by atoms with Gasteiger partial charge < -0.3 is 10.6 Å². The van der Waals surface area contributed by atoms with Crippen LogP contribution >= 0.6 is 11.3 Å². The van der Waals surface area contributed by atoms with E-state index in [0.717, 1.165) is 30.7 Å². The molecule has 0 bridgehead atoms. The van der Waals surface area contributed by atoms with Crippen LogP contribution in [0.2, 0.25) is 0 Å². The van der Waals surface area contributed by atoms with Crippen LogP contribution < -0.4 is 10.6 Å². The summed E-state index contributed by atoms with van der Waals surface area (Å²) >= 11 is 1.78. The zero-order chi connectivity index (χ0) is 14.4. The molecule has 106 valence electrons. The quantitative estimate of drug-likeness (QED) is 0.732. The van der Waals surface area contributed by atoms with Gasteiger partial charge in [-0.1, -0.05) is 18.2 Å². The molecule has 1 aliphatic rings. The summed E-state index contributed by atoms with van der Waals surface area (Å²) in [5, 5.41) is 1.17. The molecule has 2 aromatic carbocycles. The first-order chi connectivity index (χ1) is 10.2. The molecule has 2 heterocycles. The normalized spacial score (nSPS) is 13.9. The lowest BCUT2D eigenvalue weighted by atomic mass is 10.1. The molecular formula is C17H17N3S. The molecule has 0 fully saturated rings. The van der Waals surface area contributed by atoms with Gasteiger partial charge in [-0.15, -0.1) is 11.3 Å². The van der Waals surface area contributed by atoms with E-state index in [1.54, 1.807) is 11.3 Å². The van der Waals surface area contributed by atoms with Crippen molar-refractivity contribution in [1.82, 2.24) is 4.98 Å². The first-order valence-electron chi connectivity index (χ1n) is 7.19. The maximum Gasteiger partial charge on any atom is 0.113 e. The van der Waals surface area contributed by atoms with Gasteiger partial charge in [-0.05, 0) is 42.7 Å². The van der Waals surface area contributed by atoms with Crippen molar-refractivity contribution < 1.29 is 0 Å². The number of para-hydroxylation sites is 1. The fourth-order valence-corrected chi connectivity index (χ4v) is 3.94. The lowest BCUT2D eigenvalue weighted by Gasteiger charge is -2.18. The molecule has 3 nitrogen and oxygen atoms in total. The minimum atomic E-state index is 0.870. The van der Waals surface area contributed by atoms with Crippen molar-refractivity contribution in [3.63, 3.8) is 0 Å². The van der Waals surface area contributed by atoms with E-state index in [0.29, 0.717) is 0 Å². The van der Waals surface area contributed by atoms with Gasteiger partial charge in [0, 0.05) is 17.9 Å². The summed E-state index contributed by atoms with van der Waals surface area (Å²) in [4.78, 5) is 7.13. The Kier molecular flexibility index (Phi) is 2.86. The third kappa shape index (κ3) is 2.16. The molecule has 4 heteroatoms. The number of fused-ring (bicyclic) bond motifs is 2. The minimum Gasteiger partial charge on any atom is -0.398 e. The number of aromatic nitrogens is 1. The van der Waals surface area contributed by atoms with Gasteiger partial charge in [-0.25, -0.2) is 4.98 Å². The third-order valence-corrected chi connectivity index (χ3v) is 5.14. The van der Waals surface area contributed by atoms with E-state index in [4.69, 9.17) is 10.7 Å². The molecule has 2 N–H and O–H groups in total. The summed E-state index contributed by atoms with van der Waals surface area (Å²) in [6.45, 7) is 3.99. The van der Waals surface area contributed by atoms with E-state index in [1.165, 1.54) is 26.5 Å². The molecule has 0 spiro atoms. The predicted octanol–water partition coefficient (Wildman–Crippen LogP) is 3.75. The van der Waals surface area contributed by atoms with Crippen LogP contribution in [-0.4, -0.2) is 11.5 Å². The van der Waals surface area contributed by atoms with Crippen molar-refractivity contribution >= 4 is 32.9 Å². The number of benzene rings is 2. The van der Waals surface area contributed by atoms with E-state index in [1.807, 2.05) is 6.07 Å². The molecule has 3 aromatic rings. The number of hydrogen-bond acceptors (Lipinski definition) is 4. The van der Waals surface area contributed by atoms with Gasteiger partial charge in [0.15, 0.2) is 0 Å². The molecule has 0 amide bonds. The highest BCUT2D eigenvalue weighted by molar-refractivity contribution is 7.18. The Morgan fingerprint density at radius 3 is 3.00 bits per heavy atom. The van der Waals surface area contributed by atoms with Gasteiger partial charge in [0.1, 0.15) is 5.01 Å². The number of hydrogen-bond donors (Lipinski definition) is 1. The lowest BCUT2D eigenvalue weighted by molar-refractivity contribution is 0.832. The van der Waals surface area contributed by atoms with Crippen molar-refractivity contribution in [3.05, 3.63) is 52.5 Å². The van der Waals surface area contributed by atoms with E-state index < -0.39 is 0 Å². The Balaban J connectivity index is 1.66. The standard InChI is InChI=1S/C17H17N3S/c1-11-8-12-6-7-20(15(12)9-13(11)18)10-17-19-14-4-2-3-5-16(14)21-17/h2-5,8-9H,6-7,10,18H2,1H3. The first-order valence-corrected chi connectivity index (χ1v) is 8.01. The van der Waals surface area contributed by atoms with E-state index >= 15 is 0 Å². The van der Waals surface area contributed by atoms with Gasteiger partial charge >= 0.3 is 0 Å². The van der Waals surface area contributed by atoms with Crippen LogP contribution in [0.4, 0.5) is 11.4 Å². The monoisotopic (exact) mass is 295 g/mol. The second-order valence-electron chi connectivity index (χ2n) is 5.58. The van der Waals surface area contributed by atoms with Crippen molar-refractivity contribution in [3.8, 4) is 0 Å². The summed E-state index contributed by atoms with van der Waals surface area (Å²) in [5.41, 5.74) is 11.9. The zero-order valence-electron chi connectivity index (χ0n) is 12.0. The topological polar surface area (TPSA) is 42.1 Å². The summed E-state index contributed by atoms with van der Waals surface area (Å²) in [6, 6.07) is 12.7. The van der Waals surface area contributed by atoms with Gasteiger partial charge in [0.2, 0.25) is 0 Å². The number of rotatable bonds is 2. The van der Waals surface area contributed by atoms with Crippen LogP contribution in [0.5, 0.6) is 0 Å². The molecular weight excluding hydrogens is 278 g/mol. The Morgan fingerprint density at radius 1 is 1.29 bits per heavy atom. The number of thiazole rings is 1. The van der Waals surface area contributed by atoms with Gasteiger partial charge in [-0.3, -0.25) is 0 Å². The summed E-state index contributed by atoms with van der Waals surface area (Å²) in [5.74, 6) is 0. The van der Waals surface area contributed by atoms with E-state index in [9.17, 15) is 0 Å². The average Bonchev–Trinajstić information content (AvgIpc) is 3.04. The predicted molar refractivity (Wildman–Crippen MR) is 90.0 cm³/mol. The van der Waals surface area contributed by atoms with Crippen LogP contribution in [-0.2, 0) is 13.0 Å². The largest absolute Gasteiger partial charge is 0.398 e. The highest BCUT2D eigenvalue weighted by atomic mass is 32.1. The SMILES string of the molecule is Cc1cc2c(cc1N)N(Cc1nc3ccccc3s1)CC2. The number of aryl methyl sites for hydroxylation is 1. The van der Waals surface area contributed by atoms with Gasteiger partial charge in [0.05, 0.1) is 16.8 Å². The van der Waals surface area contributed by atoms with Crippen LogP contribution in [0.25, 0.3) is 10.2 Å². The minimum absolute atomic E-state index is 0.870. The Hall–Kier alpha value is -2.07. The fraction of sp³-hybridized carbons (Fsp3) is 0.235. The Morgan fingerprint density at radius 2 is 2.14 bits per heavy atom. The zero-order valence-corrected chi connectivity index (χ0v) is 12.8. The highest BCUT2D eigenvalue weighted by Gasteiger charge is 2.21. The second-order valence-corrected chi connectivity index (χ2v) is 6.70.